The summed E-state index contributed by atoms with van der Waals surface area (Å²) in [7, 11) is 2.05. The van der Waals surface area contributed by atoms with Gasteiger partial charge in [-0.25, -0.2) is 0 Å². The molecule has 1 N–H and O–H groups in total. The second-order valence-electron chi connectivity index (χ2n) is 5.40. The molecule has 1 unspecified atom stereocenters. The predicted octanol–water partition coefficient (Wildman–Crippen LogP) is 3.17. The maximum Gasteiger partial charge on any atom is 0.0153 e. The van der Waals surface area contributed by atoms with Crippen molar-refractivity contribution < 1.29 is 0 Å². The Kier molecular flexibility index (Phi) is 3.92. The molecular formula is C14H23N. The highest BCUT2D eigenvalue weighted by Crippen LogP contribution is 2.22. The Morgan fingerprint density at radius 2 is 1.67 bits per heavy atom. The van der Waals surface area contributed by atoms with Crippen LogP contribution in [0.2, 0.25) is 0 Å². The zero-order chi connectivity index (χ0) is 11.5. The number of hydrogen-bond acceptors (Lipinski definition) is 1. The van der Waals surface area contributed by atoms with Crippen molar-refractivity contribution in [2.24, 2.45) is 5.41 Å². The Morgan fingerprint density at radius 3 is 2.07 bits per heavy atom. The Balaban J connectivity index is 2.71. The van der Waals surface area contributed by atoms with Crippen molar-refractivity contribution in [2.75, 3.05) is 7.05 Å². The largest absolute Gasteiger partial charge is 0.316 e. The maximum atomic E-state index is 3.41. The third-order valence-electron chi connectivity index (χ3n) is 2.95. The average Bonchev–Trinajstić information content (AvgIpc) is 2.15. The van der Waals surface area contributed by atoms with Crippen molar-refractivity contribution in [2.45, 2.75) is 40.2 Å². The zero-order valence-electron chi connectivity index (χ0n) is 10.6. The smallest absolute Gasteiger partial charge is 0.0153 e. The lowest BCUT2D eigenvalue weighted by molar-refractivity contribution is 0.280. The minimum absolute atomic E-state index is 0.305. The van der Waals surface area contributed by atoms with Crippen LogP contribution in [-0.4, -0.2) is 13.1 Å². The van der Waals surface area contributed by atoms with E-state index >= 15 is 0 Å². The van der Waals surface area contributed by atoms with Gasteiger partial charge in [-0.15, -0.1) is 0 Å². The molecule has 0 aliphatic heterocycles. The summed E-state index contributed by atoms with van der Waals surface area (Å²) in [5.74, 6) is 0. The summed E-state index contributed by atoms with van der Waals surface area (Å²) in [5, 5.41) is 3.41. The first kappa shape index (κ1) is 12.3. The van der Waals surface area contributed by atoms with Gasteiger partial charge in [0.25, 0.3) is 0 Å². The van der Waals surface area contributed by atoms with Crippen LogP contribution in [0, 0.1) is 12.3 Å². The first-order valence-corrected chi connectivity index (χ1v) is 5.66. The fourth-order valence-corrected chi connectivity index (χ4v) is 1.80. The number of benzene rings is 1. The Hall–Kier alpha value is -0.820. The molecule has 0 heterocycles. The van der Waals surface area contributed by atoms with E-state index in [9.17, 15) is 0 Å². The van der Waals surface area contributed by atoms with E-state index in [0.717, 1.165) is 6.42 Å². The van der Waals surface area contributed by atoms with Crippen molar-refractivity contribution >= 4 is 0 Å². The van der Waals surface area contributed by atoms with E-state index in [0.29, 0.717) is 11.5 Å². The zero-order valence-corrected chi connectivity index (χ0v) is 10.6. The molecule has 84 valence electrons. The maximum absolute atomic E-state index is 3.41. The lowest BCUT2D eigenvalue weighted by atomic mass is 9.83. The molecule has 1 aromatic rings. The minimum Gasteiger partial charge on any atom is -0.316 e. The van der Waals surface area contributed by atoms with Crippen LogP contribution >= 0.6 is 0 Å². The SMILES string of the molecule is CNC(Cc1ccc(C)cc1)C(C)(C)C. The van der Waals surface area contributed by atoms with Gasteiger partial charge in [-0.2, -0.15) is 0 Å². The first-order valence-electron chi connectivity index (χ1n) is 5.66. The molecule has 0 saturated carbocycles. The molecule has 0 fully saturated rings. The quantitative estimate of drug-likeness (QED) is 0.799. The lowest BCUT2D eigenvalue weighted by Gasteiger charge is -2.30. The minimum atomic E-state index is 0.305. The molecule has 0 radical (unpaired) electrons. The summed E-state index contributed by atoms with van der Waals surface area (Å²) in [6.45, 7) is 8.97. The summed E-state index contributed by atoms with van der Waals surface area (Å²) in [4.78, 5) is 0. The van der Waals surface area contributed by atoms with Crippen LogP contribution < -0.4 is 5.32 Å². The summed E-state index contributed by atoms with van der Waals surface area (Å²) in [5.41, 5.74) is 3.05. The van der Waals surface area contributed by atoms with Gasteiger partial charge in [-0.3, -0.25) is 0 Å². The summed E-state index contributed by atoms with van der Waals surface area (Å²) in [6.07, 6.45) is 1.10. The normalized spacial score (nSPS) is 13.9. The van der Waals surface area contributed by atoms with E-state index in [1.807, 2.05) is 7.05 Å². The van der Waals surface area contributed by atoms with Crippen molar-refractivity contribution in [3.63, 3.8) is 0 Å². The third-order valence-corrected chi connectivity index (χ3v) is 2.95. The number of rotatable bonds is 3. The van der Waals surface area contributed by atoms with E-state index < -0.39 is 0 Å². The highest BCUT2D eigenvalue weighted by Gasteiger charge is 2.22. The summed E-state index contributed by atoms with van der Waals surface area (Å²) >= 11 is 0. The second-order valence-corrected chi connectivity index (χ2v) is 5.40. The molecule has 0 aromatic heterocycles. The van der Waals surface area contributed by atoms with Crippen LogP contribution in [0.1, 0.15) is 31.9 Å². The summed E-state index contributed by atoms with van der Waals surface area (Å²) in [6, 6.07) is 9.35. The summed E-state index contributed by atoms with van der Waals surface area (Å²) < 4.78 is 0. The van der Waals surface area contributed by atoms with Gasteiger partial charge in [-0.1, -0.05) is 50.6 Å². The van der Waals surface area contributed by atoms with Crippen LogP contribution in [0.25, 0.3) is 0 Å². The number of hydrogen-bond donors (Lipinski definition) is 1. The van der Waals surface area contributed by atoms with Crippen LogP contribution in [0.5, 0.6) is 0 Å². The molecular weight excluding hydrogens is 182 g/mol. The number of likely N-dealkylation sites (N-methyl/N-ethyl adjacent to an activating group) is 1. The number of aryl methyl sites for hydroxylation is 1. The molecule has 1 aromatic carbocycles. The molecule has 0 amide bonds. The molecule has 1 rings (SSSR count). The van der Waals surface area contributed by atoms with Crippen molar-refractivity contribution in [3.05, 3.63) is 35.4 Å². The van der Waals surface area contributed by atoms with E-state index in [1.54, 1.807) is 0 Å². The molecule has 1 nitrogen and oxygen atoms in total. The van der Waals surface area contributed by atoms with Gasteiger partial charge in [0.2, 0.25) is 0 Å². The van der Waals surface area contributed by atoms with Crippen LogP contribution in [0.3, 0.4) is 0 Å². The molecule has 0 aliphatic carbocycles. The third kappa shape index (κ3) is 3.67. The molecule has 1 atom stereocenters. The van der Waals surface area contributed by atoms with Crippen molar-refractivity contribution in [1.29, 1.82) is 0 Å². The van der Waals surface area contributed by atoms with Gasteiger partial charge < -0.3 is 5.32 Å². The van der Waals surface area contributed by atoms with Gasteiger partial charge in [0.1, 0.15) is 0 Å². The van der Waals surface area contributed by atoms with E-state index in [-0.39, 0.29) is 0 Å². The van der Waals surface area contributed by atoms with Gasteiger partial charge in [-0.05, 0) is 31.4 Å². The van der Waals surface area contributed by atoms with Crippen LogP contribution in [0.15, 0.2) is 24.3 Å². The van der Waals surface area contributed by atoms with Crippen molar-refractivity contribution in [1.82, 2.24) is 5.32 Å². The van der Waals surface area contributed by atoms with Gasteiger partial charge in [0.05, 0.1) is 0 Å². The lowest BCUT2D eigenvalue weighted by Crippen LogP contribution is -2.39. The fourth-order valence-electron chi connectivity index (χ4n) is 1.80. The second kappa shape index (κ2) is 4.80. The Bertz CT molecular complexity index is 292. The molecule has 0 bridgehead atoms. The van der Waals surface area contributed by atoms with Gasteiger partial charge in [0, 0.05) is 6.04 Å². The fraction of sp³-hybridized carbons (Fsp3) is 0.571. The standard InChI is InChI=1S/C14H23N/c1-11-6-8-12(9-7-11)10-13(15-5)14(2,3)4/h6-9,13,15H,10H2,1-5H3. The first-order chi connectivity index (χ1) is 6.93. The highest BCUT2D eigenvalue weighted by atomic mass is 14.9. The highest BCUT2D eigenvalue weighted by molar-refractivity contribution is 5.22. The monoisotopic (exact) mass is 205 g/mol. The van der Waals surface area contributed by atoms with Gasteiger partial charge in [0.15, 0.2) is 0 Å². The average molecular weight is 205 g/mol. The Morgan fingerprint density at radius 1 is 1.13 bits per heavy atom. The molecule has 0 saturated heterocycles. The molecule has 0 spiro atoms. The van der Waals surface area contributed by atoms with E-state index in [1.165, 1.54) is 11.1 Å². The molecule has 1 heteroatoms. The van der Waals surface area contributed by atoms with E-state index in [2.05, 4.69) is 57.3 Å². The molecule has 0 aliphatic rings. The van der Waals surface area contributed by atoms with Crippen LogP contribution in [-0.2, 0) is 6.42 Å². The Labute approximate surface area is 93.9 Å². The van der Waals surface area contributed by atoms with E-state index in [4.69, 9.17) is 0 Å². The number of nitrogens with one attached hydrogen (secondary N) is 1. The van der Waals surface area contributed by atoms with Gasteiger partial charge >= 0.3 is 0 Å². The van der Waals surface area contributed by atoms with Crippen LogP contribution in [0.4, 0.5) is 0 Å². The van der Waals surface area contributed by atoms with Crippen molar-refractivity contribution in [3.8, 4) is 0 Å². The topological polar surface area (TPSA) is 12.0 Å². The predicted molar refractivity (Wildman–Crippen MR) is 67.2 cm³/mol. The molecule has 15 heavy (non-hydrogen) atoms.